The van der Waals surface area contributed by atoms with Crippen LogP contribution in [0, 0.1) is 5.41 Å². The molecule has 0 spiro atoms. The molecule has 0 aromatic rings. The SMILES string of the molecule is COC(O)C(C)(C)CC(C)NC(=O)OC(C)(C)C. The highest BCUT2D eigenvalue weighted by Gasteiger charge is 2.30. The molecule has 0 aliphatic rings. The fourth-order valence-corrected chi connectivity index (χ4v) is 1.77. The number of carbonyl (C=O) groups is 1. The predicted octanol–water partition coefficient (Wildman–Crippen LogP) is 2.28. The fraction of sp³-hybridized carbons (Fsp3) is 0.923. The van der Waals surface area contributed by atoms with Crippen molar-refractivity contribution >= 4 is 6.09 Å². The van der Waals surface area contributed by atoms with Crippen molar-refractivity contribution < 1.29 is 19.4 Å². The Kier molecular flexibility index (Phi) is 6.10. The van der Waals surface area contributed by atoms with Crippen LogP contribution in [0.2, 0.25) is 0 Å². The number of carbonyl (C=O) groups excluding carboxylic acids is 1. The molecule has 0 aliphatic heterocycles. The van der Waals surface area contributed by atoms with Gasteiger partial charge in [-0.3, -0.25) is 0 Å². The third-order valence-electron chi connectivity index (χ3n) is 2.49. The van der Waals surface area contributed by atoms with Crippen LogP contribution in [0.3, 0.4) is 0 Å². The molecule has 108 valence electrons. The first kappa shape index (κ1) is 17.2. The van der Waals surface area contributed by atoms with Gasteiger partial charge in [-0.25, -0.2) is 4.79 Å². The maximum absolute atomic E-state index is 11.6. The molecule has 18 heavy (non-hydrogen) atoms. The molecule has 0 saturated carbocycles. The summed E-state index contributed by atoms with van der Waals surface area (Å²) in [5, 5.41) is 12.4. The van der Waals surface area contributed by atoms with Crippen molar-refractivity contribution in [1.82, 2.24) is 5.32 Å². The summed E-state index contributed by atoms with van der Waals surface area (Å²) in [5.41, 5.74) is -0.950. The topological polar surface area (TPSA) is 67.8 Å². The lowest BCUT2D eigenvalue weighted by Crippen LogP contribution is -2.42. The predicted molar refractivity (Wildman–Crippen MR) is 70.2 cm³/mol. The lowest BCUT2D eigenvalue weighted by atomic mass is 9.85. The monoisotopic (exact) mass is 261 g/mol. The molecule has 2 atom stereocenters. The van der Waals surface area contributed by atoms with Crippen LogP contribution in [0.1, 0.15) is 48.0 Å². The number of aliphatic hydroxyl groups excluding tert-OH is 1. The maximum Gasteiger partial charge on any atom is 0.407 e. The Morgan fingerprint density at radius 2 is 1.78 bits per heavy atom. The average Bonchev–Trinajstić information content (AvgIpc) is 2.11. The molecule has 0 rings (SSSR count). The maximum atomic E-state index is 11.6. The molecule has 0 aromatic carbocycles. The smallest absolute Gasteiger partial charge is 0.407 e. The highest BCUT2D eigenvalue weighted by atomic mass is 16.6. The van der Waals surface area contributed by atoms with Crippen molar-refractivity contribution in [1.29, 1.82) is 0 Å². The van der Waals surface area contributed by atoms with E-state index in [2.05, 4.69) is 5.32 Å². The summed E-state index contributed by atoms with van der Waals surface area (Å²) < 4.78 is 10.1. The Morgan fingerprint density at radius 1 is 1.28 bits per heavy atom. The Hall–Kier alpha value is -0.810. The molecule has 0 fully saturated rings. The van der Waals surface area contributed by atoms with Crippen molar-refractivity contribution in [3.63, 3.8) is 0 Å². The minimum atomic E-state index is -0.861. The van der Waals surface area contributed by atoms with Gasteiger partial charge < -0.3 is 19.9 Å². The molecule has 2 unspecified atom stereocenters. The summed E-state index contributed by atoms with van der Waals surface area (Å²) >= 11 is 0. The molecule has 5 heteroatoms. The van der Waals surface area contributed by atoms with Gasteiger partial charge in [0.25, 0.3) is 0 Å². The number of aliphatic hydroxyl groups is 1. The van der Waals surface area contributed by atoms with Crippen molar-refractivity contribution in [3.8, 4) is 0 Å². The van der Waals surface area contributed by atoms with Crippen molar-refractivity contribution in [2.45, 2.75) is 65.9 Å². The van der Waals surface area contributed by atoms with Crippen molar-refractivity contribution in [2.24, 2.45) is 5.41 Å². The standard InChI is InChI=1S/C13H27NO4/c1-9(8-13(5,6)10(15)17-7)14-11(16)18-12(2,3)4/h9-10,15H,8H2,1-7H3,(H,14,16). The Balaban J connectivity index is 4.27. The van der Waals surface area contributed by atoms with Crippen LogP contribution in [0.4, 0.5) is 4.79 Å². The zero-order valence-electron chi connectivity index (χ0n) is 12.5. The largest absolute Gasteiger partial charge is 0.444 e. The normalized spacial score (nSPS) is 16.0. The number of hydrogen-bond donors (Lipinski definition) is 2. The van der Waals surface area contributed by atoms with Crippen LogP contribution >= 0.6 is 0 Å². The zero-order valence-corrected chi connectivity index (χ0v) is 12.5. The van der Waals surface area contributed by atoms with E-state index in [0.29, 0.717) is 6.42 Å². The van der Waals surface area contributed by atoms with Crippen LogP contribution < -0.4 is 5.32 Å². The Bertz CT molecular complexity index is 271. The molecular formula is C13H27NO4. The van der Waals surface area contributed by atoms with E-state index in [0.717, 1.165) is 0 Å². The van der Waals surface area contributed by atoms with E-state index in [4.69, 9.17) is 9.47 Å². The van der Waals surface area contributed by atoms with Gasteiger partial charge in [-0.2, -0.15) is 0 Å². The number of hydrogen-bond acceptors (Lipinski definition) is 4. The van der Waals surface area contributed by atoms with Gasteiger partial charge in [0.05, 0.1) is 0 Å². The third kappa shape index (κ3) is 6.81. The summed E-state index contributed by atoms with van der Waals surface area (Å²) in [4.78, 5) is 11.6. The first-order valence-corrected chi connectivity index (χ1v) is 6.18. The molecule has 0 radical (unpaired) electrons. The quantitative estimate of drug-likeness (QED) is 0.745. The number of amides is 1. The number of rotatable bonds is 5. The molecule has 5 nitrogen and oxygen atoms in total. The van der Waals surface area contributed by atoms with E-state index in [1.165, 1.54) is 7.11 Å². The molecule has 0 aliphatic carbocycles. The first-order chi connectivity index (χ1) is 7.98. The van der Waals surface area contributed by atoms with Crippen LogP contribution in [-0.2, 0) is 9.47 Å². The Labute approximate surface area is 110 Å². The first-order valence-electron chi connectivity index (χ1n) is 6.18. The van der Waals surface area contributed by atoms with E-state index in [9.17, 15) is 9.90 Å². The highest BCUT2D eigenvalue weighted by Crippen LogP contribution is 2.27. The Morgan fingerprint density at radius 3 is 2.17 bits per heavy atom. The van der Waals surface area contributed by atoms with Gasteiger partial charge in [0.1, 0.15) is 5.60 Å². The number of methoxy groups -OCH3 is 1. The van der Waals surface area contributed by atoms with E-state index in [1.54, 1.807) is 0 Å². The summed E-state index contributed by atoms with van der Waals surface area (Å²) in [6, 6.07) is -0.111. The van der Waals surface area contributed by atoms with Gasteiger partial charge in [0.2, 0.25) is 0 Å². The number of ether oxygens (including phenoxy) is 2. The summed E-state index contributed by atoms with van der Waals surface area (Å²) in [6.45, 7) is 11.1. The molecule has 1 amide bonds. The lowest BCUT2D eigenvalue weighted by molar-refractivity contribution is -0.149. The minimum Gasteiger partial charge on any atom is -0.444 e. The summed E-state index contributed by atoms with van der Waals surface area (Å²) in [7, 11) is 1.46. The molecule has 0 saturated heterocycles. The zero-order chi connectivity index (χ0) is 14.6. The van der Waals surface area contributed by atoms with Crippen LogP contribution in [0.25, 0.3) is 0 Å². The van der Waals surface area contributed by atoms with E-state index in [1.807, 2.05) is 41.5 Å². The number of nitrogens with one attached hydrogen (secondary N) is 1. The van der Waals surface area contributed by atoms with Crippen LogP contribution in [-0.4, -0.2) is 36.2 Å². The highest BCUT2D eigenvalue weighted by molar-refractivity contribution is 5.68. The minimum absolute atomic E-state index is 0.111. The van der Waals surface area contributed by atoms with Gasteiger partial charge in [-0.05, 0) is 34.1 Å². The second kappa shape index (κ2) is 6.38. The molecule has 0 aromatic heterocycles. The second-order valence-electron chi connectivity index (χ2n) is 6.33. The molecule has 0 heterocycles. The van der Waals surface area contributed by atoms with Crippen molar-refractivity contribution in [2.75, 3.05) is 7.11 Å². The van der Waals surface area contributed by atoms with E-state index >= 15 is 0 Å². The average molecular weight is 261 g/mol. The molecule has 2 N–H and O–H groups in total. The van der Waals surface area contributed by atoms with Gasteiger partial charge in [0.15, 0.2) is 6.29 Å². The third-order valence-corrected chi connectivity index (χ3v) is 2.49. The van der Waals surface area contributed by atoms with Crippen LogP contribution in [0.5, 0.6) is 0 Å². The summed E-state index contributed by atoms with van der Waals surface area (Å²) in [6.07, 6.45) is -0.723. The second-order valence-corrected chi connectivity index (χ2v) is 6.33. The van der Waals surface area contributed by atoms with E-state index < -0.39 is 23.4 Å². The van der Waals surface area contributed by atoms with Gasteiger partial charge in [0, 0.05) is 18.6 Å². The summed E-state index contributed by atoms with van der Waals surface area (Å²) in [5.74, 6) is 0. The van der Waals surface area contributed by atoms with E-state index in [-0.39, 0.29) is 6.04 Å². The molecule has 0 bridgehead atoms. The van der Waals surface area contributed by atoms with Gasteiger partial charge in [-0.15, -0.1) is 0 Å². The number of alkyl carbamates (subject to hydrolysis) is 1. The molecular weight excluding hydrogens is 234 g/mol. The van der Waals surface area contributed by atoms with Gasteiger partial charge in [-0.1, -0.05) is 13.8 Å². The lowest BCUT2D eigenvalue weighted by Gasteiger charge is -2.32. The fourth-order valence-electron chi connectivity index (χ4n) is 1.77. The van der Waals surface area contributed by atoms with Crippen molar-refractivity contribution in [3.05, 3.63) is 0 Å². The van der Waals surface area contributed by atoms with Crippen LogP contribution in [0.15, 0.2) is 0 Å². The van der Waals surface area contributed by atoms with Gasteiger partial charge >= 0.3 is 6.09 Å².